The second-order valence-corrected chi connectivity index (χ2v) is 4.36. The zero-order chi connectivity index (χ0) is 10.3. The maximum atomic E-state index is 12.1. The molecule has 1 aliphatic carbocycles. The third-order valence-corrected chi connectivity index (χ3v) is 4.22. The molecule has 2 unspecified atom stereocenters. The molecule has 0 aliphatic heterocycles. The SMILES string of the molecule is CC1c2ccccc2C(=O)C1(C)O[SiH3]. The topological polar surface area (TPSA) is 26.3 Å². The van der Waals surface area contributed by atoms with Crippen molar-refractivity contribution in [1.29, 1.82) is 0 Å². The Labute approximate surface area is 86.8 Å². The van der Waals surface area contributed by atoms with E-state index in [1.807, 2.05) is 31.2 Å². The zero-order valence-electron chi connectivity index (χ0n) is 8.70. The third-order valence-electron chi connectivity index (χ3n) is 3.37. The first kappa shape index (κ1) is 9.62. The smallest absolute Gasteiger partial charge is 0.194 e. The number of carbonyl (C=O) groups is 1. The molecule has 1 aromatic carbocycles. The highest BCUT2D eigenvalue weighted by Gasteiger charge is 2.46. The van der Waals surface area contributed by atoms with Gasteiger partial charge in [0.1, 0.15) is 16.1 Å². The molecule has 1 aliphatic rings. The lowest BCUT2D eigenvalue weighted by atomic mass is 9.91. The van der Waals surface area contributed by atoms with Gasteiger partial charge < -0.3 is 4.43 Å². The average Bonchev–Trinajstić information content (AvgIpc) is 2.43. The molecule has 2 nitrogen and oxygen atoms in total. The van der Waals surface area contributed by atoms with E-state index in [0.29, 0.717) is 10.5 Å². The fraction of sp³-hybridized carbons (Fsp3) is 0.364. The summed E-state index contributed by atoms with van der Waals surface area (Å²) in [6.07, 6.45) is 0. The lowest BCUT2D eigenvalue weighted by Gasteiger charge is -2.26. The maximum absolute atomic E-state index is 12.1. The van der Waals surface area contributed by atoms with E-state index < -0.39 is 5.60 Å². The number of rotatable bonds is 1. The lowest BCUT2D eigenvalue weighted by molar-refractivity contribution is 0.0526. The second kappa shape index (κ2) is 3.04. The van der Waals surface area contributed by atoms with Crippen LogP contribution in [-0.2, 0) is 4.43 Å². The highest BCUT2D eigenvalue weighted by molar-refractivity contribution is 6.10. The number of hydrogen-bond acceptors (Lipinski definition) is 2. The number of carbonyl (C=O) groups excluding carboxylic acids is 1. The Kier molecular flexibility index (Phi) is 2.08. The second-order valence-electron chi connectivity index (χ2n) is 3.95. The van der Waals surface area contributed by atoms with Crippen molar-refractivity contribution in [2.45, 2.75) is 25.4 Å². The number of hydrogen-bond donors (Lipinski definition) is 0. The van der Waals surface area contributed by atoms with E-state index >= 15 is 0 Å². The number of fused-ring (bicyclic) bond motifs is 1. The predicted octanol–water partition coefficient (Wildman–Crippen LogP) is 1.04. The minimum absolute atomic E-state index is 0.135. The molecule has 0 radical (unpaired) electrons. The molecule has 74 valence electrons. The van der Waals surface area contributed by atoms with Crippen LogP contribution in [0.15, 0.2) is 24.3 Å². The maximum Gasteiger partial charge on any atom is 0.194 e. The molecule has 0 fully saturated rings. The first-order valence-corrected chi connectivity index (χ1v) is 5.62. The first-order chi connectivity index (χ1) is 6.61. The normalized spacial score (nSPS) is 30.7. The van der Waals surface area contributed by atoms with Crippen molar-refractivity contribution >= 4 is 16.3 Å². The van der Waals surface area contributed by atoms with Crippen LogP contribution in [0.2, 0.25) is 0 Å². The molecule has 0 saturated carbocycles. The molecule has 14 heavy (non-hydrogen) atoms. The van der Waals surface area contributed by atoms with Crippen molar-refractivity contribution in [3.63, 3.8) is 0 Å². The summed E-state index contributed by atoms with van der Waals surface area (Å²) >= 11 is 0. The van der Waals surface area contributed by atoms with Crippen LogP contribution in [0.3, 0.4) is 0 Å². The summed E-state index contributed by atoms with van der Waals surface area (Å²) in [5, 5.41) is 0. The minimum atomic E-state index is -0.615. The van der Waals surface area contributed by atoms with Gasteiger partial charge in [-0.15, -0.1) is 0 Å². The van der Waals surface area contributed by atoms with E-state index in [1.54, 1.807) is 0 Å². The van der Waals surface area contributed by atoms with Gasteiger partial charge in [0.15, 0.2) is 5.78 Å². The van der Waals surface area contributed by atoms with Gasteiger partial charge in [0, 0.05) is 11.5 Å². The molecule has 2 atom stereocenters. The van der Waals surface area contributed by atoms with Gasteiger partial charge in [0.05, 0.1) is 0 Å². The molecule has 0 amide bonds. The molecule has 0 spiro atoms. The Hall–Kier alpha value is -0.933. The van der Waals surface area contributed by atoms with Gasteiger partial charge in [-0.1, -0.05) is 31.2 Å². The van der Waals surface area contributed by atoms with Crippen LogP contribution in [0.1, 0.15) is 35.7 Å². The fourth-order valence-electron chi connectivity index (χ4n) is 2.11. The van der Waals surface area contributed by atoms with Gasteiger partial charge in [-0.2, -0.15) is 0 Å². The molecule has 1 aromatic rings. The van der Waals surface area contributed by atoms with Crippen molar-refractivity contribution in [2.75, 3.05) is 0 Å². The van der Waals surface area contributed by atoms with Gasteiger partial charge in [-0.25, -0.2) is 0 Å². The molecule has 0 bridgehead atoms. The zero-order valence-corrected chi connectivity index (χ0v) is 10.7. The molecule has 3 heteroatoms. The first-order valence-electron chi connectivity index (χ1n) is 4.80. The summed E-state index contributed by atoms with van der Waals surface area (Å²) in [6, 6.07) is 7.79. The molecular formula is C11H14O2Si. The summed E-state index contributed by atoms with van der Waals surface area (Å²) < 4.78 is 5.50. The van der Waals surface area contributed by atoms with Gasteiger partial charge >= 0.3 is 0 Å². The minimum Gasteiger partial charge on any atom is -0.415 e. The highest BCUT2D eigenvalue weighted by atomic mass is 28.2. The Morgan fingerprint density at radius 1 is 1.43 bits per heavy atom. The standard InChI is InChI=1S/C11H14O2Si/c1-7-8-5-3-4-6-9(8)10(12)11(7,2)13-14/h3-7H,1-2,14H3. The lowest BCUT2D eigenvalue weighted by Crippen LogP contribution is -2.37. The van der Waals surface area contributed by atoms with E-state index in [2.05, 4.69) is 6.92 Å². The van der Waals surface area contributed by atoms with Crippen LogP contribution < -0.4 is 0 Å². The fourth-order valence-corrected chi connectivity index (χ4v) is 2.65. The quantitative estimate of drug-likeness (QED) is 0.642. The molecular weight excluding hydrogens is 192 g/mol. The Morgan fingerprint density at radius 2 is 2.07 bits per heavy atom. The van der Waals surface area contributed by atoms with Crippen molar-refractivity contribution in [3.8, 4) is 0 Å². The summed E-state index contributed by atoms with van der Waals surface area (Å²) in [5.41, 5.74) is 1.34. The highest BCUT2D eigenvalue weighted by Crippen LogP contribution is 2.41. The van der Waals surface area contributed by atoms with Crippen LogP contribution in [0.4, 0.5) is 0 Å². The van der Waals surface area contributed by atoms with Crippen molar-refractivity contribution in [1.82, 2.24) is 0 Å². The van der Waals surface area contributed by atoms with Crippen molar-refractivity contribution in [2.24, 2.45) is 0 Å². The van der Waals surface area contributed by atoms with E-state index in [1.165, 1.54) is 0 Å². The van der Waals surface area contributed by atoms with Gasteiger partial charge in [-0.3, -0.25) is 4.79 Å². The number of Topliss-reactive ketones (excluding diaryl/α,β-unsaturated/α-hetero) is 1. The summed E-state index contributed by atoms with van der Waals surface area (Å²) in [5.74, 6) is 0.305. The summed E-state index contributed by atoms with van der Waals surface area (Å²) in [4.78, 5) is 12.1. The van der Waals surface area contributed by atoms with Crippen LogP contribution in [0.5, 0.6) is 0 Å². The number of ketones is 1. The van der Waals surface area contributed by atoms with Crippen LogP contribution >= 0.6 is 0 Å². The number of benzene rings is 1. The molecule has 0 N–H and O–H groups in total. The molecule has 0 saturated heterocycles. The van der Waals surface area contributed by atoms with Crippen LogP contribution in [-0.4, -0.2) is 21.9 Å². The van der Waals surface area contributed by atoms with E-state index in [-0.39, 0.29) is 11.7 Å². The van der Waals surface area contributed by atoms with E-state index in [0.717, 1.165) is 11.1 Å². The van der Waals surface area contributed by atoms with E-state index in [4.69, 9.17) is 4.43 Å². The Bertz CT molecular complexity index is 389. The van der Waals surface area contributed by atoms with Gasteiger partial charge in [0.25, 0.3) is 0 Å². The average molecular weight is 206 g/mol. The summed E-state index contributed by atoms with van der Waals surface area (Å²) in [6.45, 7) is 3.95. The molecule has 0 aromatic heterocycles. The largest absolute Gasteiger partial charge is 0.415 e. The predicted molar refractivity (Wildman–Crippen MR) is 58.6 cm³/mol. The van der Waals surface area contributed by atoms with Crippen LogP contribution in [0.25, 0.3) is 0 Å². The van der Waals surface area contributed by atoms with Gasteiger partial charge in [0.2, 0.25) is 0 Å². The Balaban J connectivity index is 2.59. The molecule has 2 rings (SSSR count). The Morgan fingerprint density at radius 3 is 2.64 bits per heavy atom. The van der Waals surface area contributed by atoms with Crippen LogP contribution in [0, 0.1) is 0 Å². The third kappa shape index (κ3) is 1.03. The van der Waals surface area contributed by atoms with Crippen molar-refractivity contribution < 1.29 is 9.22 Å². The van der Waals surface area contributed by atoms with E-state index in [9.17, 15) is 4.79 Å². The molecule has 0 heterocycles. The van der Waals surface area contributed by atoms with Gasteiger partial charge in [-0.05, 0) is 12.5 Å². The van der Waals surface area contributed by atoms with Crippen molar-refractivity contribution in [3.05, 3.63) is 35.4 Å². The summed E-state index contributed by atoms with van der Waals surface area (Å²) in [7, 11) is 0.595. The monoisotopic (exact) mass is 206 g/mol.